The molecule has 0 N–H and O–H groups in total. The Morgan fingerprint density at radius 1 is 0.411 bits per heavy atom. The van der Waals surface area contributed by atoms with E-state index in [1.165, 1.54) is 66.0 Å². The topological polar surface area (TPSA) is 20.5 Å². The first-order chi connectivity index (χ1) is 27.8. The van der Waals surface area contributed by atoms with Gasteiger partial charge in [-0.1, -0.05) is 176 Å². The van der Waals surface area contributed by atoms with Crippen molar-refractivity contribution in [3.8, 4) is 39.2 Å². The van der Waals surface area contributed by atoms with Gasteiger partial charge in [-0.25, -0.2) is 0 Å². The molecule has 264 valence electrons. The maximum atomic E-state index is 5.25. The lowest BCUT2D eigenvalue weighted by atomic mass is 9.85. The first-order valence-corrected chi connectivity index (χ1v) is 19.4. The fourth-order valence-corrected chi connectivity index (χ4v) is 8.95. The van der Waals surface area contributed by atoms with Gasteiger partial charge in [0.25, 0.3) is 0 Å². The van der Waals surface area contributed by atoms with Gasteiger partial charge < -0.3 is 9.47 Å². The monoisotopic (exact) mass is 715 g/mol. The second kappa shape index (κ2) is 13.3. The minimum absolute atomic E-state index is 0.0957. The molecular weight excluding hydrogens is 679 g/mol. The van der Waals surface area contributed by atoms with Crippen molar-refractivity contribution < 1.29 is 0 Å². The summed E-state index contributed by atoms with van der Waals surface area (Å²) in [6.07, 6.45) is 8.72. The van der Waals surface area contributed by atoms with Crippen LogP contribution in [0.5, 0.6) is 0 Å². The third-order valence-corrected chi connectivity index (χ3v) is 11.5. The Kier molecular flexibility index (Phi) is 7.63. The largest absolute Gasteiger partial charge is 0.317 e. The maximum Gasteiger partial charge on any atom is 0.136 e. The van der Waals surface area contributed by atoms with Crippen molar-refractivity contribution in [2.75, 3.05) is 4.90 Å². The summed E-state index contributed by atoms with van der Waals surface area (Å²) >= 11 is 0. The van der Waals surface area contributed by atoms with Crippen LogP contribution < -0.4 is 4.90 Å². The zero-order valence-electron chi connectivity index (χ0n) is 30.7. The SMILES string of the molecule is C1=CC2N=C(c3ccc(-c4c5ccccc5c(-c5ccc(-c6cc7ccccc7n6-c6ccccc6)cc5)c5ccccc45)cc3)N(c3ccccc3)C2C=C1. The van der Waals surface area contributed by atoms with Crippen LogP contribution in [0.15, 0.2) is 217 Å². The van der Waals surface area contributed by atoms with Crippen LogP contribution in [0.4, 0.5) is 5.69 Å². The van der Waals surface area contributed by atoms with Gasteiger partial charge in [0.1, 0.15) is 5.84 Å². The lowest BCUT2D eigenvalue weighted by molar-refractivity contribution is 0.739. The number of rotatable bonds is 6. The van der Waals surface area contributed by atoms with Gasteiger partial charge in [0.2, 0.25) is 0 Å². The fraction of sp³-hybridized carbons (Fsp3) is 0.0377. The highest BCUT2D eigenvalue weighted by atomic mass is 15.3. The van der Waals surface area contributed by atoms with E-state index in [0.717, 1.165) is 22.8 Å². The highest BCUT2D eigenvalue weighted by Gasteiger charge is 2.35. The normalized spacial score (nSPS) is 16.1. The molecule has 0 saturated heterocycles. The zero-order chi connectivity index (χ0) is 37.0. The molecule has 1 aliphatic heterocycles. The highest BCUT2D eigenvalue weighted by molar-refractivity contribution is 6.21. The molecule has 2 unspecified atom stereocenters. The number of hydrogen-bond acceptors (Lipinski definition) is 2. The zero-order valence-corrected chi connectivity index (χ0v) is 30.7. The molecule has 3 heteroatoms. The van der Waals surface area contributed by atoms with E-state index in [1.54, 1.807) is 0 Å². The second-order valence-corrected chi connectivity index (χ2v) is 14.7. The maximum absolute atomic E-state index is 5.25. The number of aliphatic imine (C=N–C) groups is 1. The number of nitrogens with zero attached hydrogens (tertiary/aromatic N) is 3. The van der Waals surface area contributed by atoms with Gasteiger partial charge in [-0.15, -0.1) is 0 Å². The molecule has 2 atom stereocenters. The van der Waals surface area contributed by atoms with Crippen LogP contribution in [0.25, 0.3) is 71.6 Å². The smallest absolute Gasteiger partial charge is 0.136 e. The third kappa shape index (κ3) is 5.24. The molecule has 0 amide bonds. The van der Waals surface area contributed by atoms with Crippen molar-refractivity contribution in [1.29, 1.82) is 0 Å². The third-order valence-electron chi connectivity index (χ3n) is 11.5. The minimum atomic E-state index is 0.0957. The number of fused-ring (bicyclic) bond motifs is 4. The number of anilines is 1. The van der Waals surface area contributed by atoms with Gasteiger partial charge in [-0.3, -0.25) is 4.99 Å². The van der Waals surface area contributed by atoms with Gasteiger partial charge in [0.15, 0.2) is 0 Å². The summed E-state index contributed by atoms with van der Waals surface area (Å²) in [6, 6.07) is 68.5. The molecule has 0 radical (unpaired) electrons. The summed E-state index contributed by atoms with van der Waals surface area (Å²) in [4.78, 5) is 7.63. The molecule has 0 spiro atoms. The van der Waals surface area contributed by atoms with Crippen molar-refractivity contribution in [3.63, 3.8) is 0 Å². The summed E-state index contributed by atoms with van der Waals surface area (Å²) in [5.74, 6) is 1.01. The van der Waals surface area contributed by atoms with Crippen LogP contribution >= 0.6 is 0 Å². The average molecular weight is 716 g/mol. The lowest BCUT2D eigenvalue weighted by Crippen LogP contribution is -2.39. The van der Waals surface area contributed by atoms with E-state index >= 15 is 0 Å². The molecule has 2 aliphatic rings. The molecule has 9 aromatic rings. The molecule has 1 aromatic heterocycles. The molecule has 0 fully saturated rings. The summed E-state index contributed by atoms with van der Waals surface area (Å²) in [5.41, 5.74) is 11.9. The van der Waals surface area contributed by atoms with Gasteiger partial charge in [-0.2, -0.15) is 0 Å². The Balaban J connectivity index is 1.02. The molecule has 0 bridgehead atoms. The number of para-hydroxylation sites is 3. The number of aromatic nitrogens is 1. The Labute approximate surface area is 326 Å². The van der Waals surface area contributed by atoms with E-state index in [1.807, 2.05) is 0 Å². The standard InChI is InChI=1S/C53H37N3/c1-3-16-41(17-4-1)55-48-25-13-7-15-40(48)35-50(55)36-27-29-37(30-28-36)51-43-20-8-10-22-45(43)52(46-23-11-9-21-44(46)51)38-31-33-39(34-32-38)53-54-47-24-12-14-26-49(47)56(53)42-18-5-2-6-19-42/h1-35,47,49H. The number of amidine groups is 1. The molecule has 56 heavy (non-hydrogen) atoms. The number of hydrogen-bond donors (Lipinski definition) is 0. The van der Waals surface area contributed by atoms with E-state index in [4.69, 9.17) is 4.99 Å². The Morgan fingerprint density at radius 2 is 0.893 bits per heavy atom. The van der Waals surface area contributed by atoms with Crippen LogP contribution in [-0.4, -0.2) is 22.5 Å². The van der Waals surface area contributed by atoms with Crippen LogP contribution in [0.1, 0.15) is 5.56 Å². The Bertz CT molecular complexity index is 2950. The molecule has 0 saturated carbocycles. The van der Waals surface area contributed by atoms with Crippen LogP contribution in [0, 0.1) is 0 Å². The first kappa shape index (κ1) is 32.2. The van der Waals surface area contributed by atoms with E-state index in [-0.39, 0.29) is 12.1 Å². The van der Waals surface area contributed by atoms with Crippen LogP contribution in [-0.2, 0) is 0 Å². The van der Waals surface area contributed by atoms with Crippen molar-refractivity contribution >= 4 is 44.0 Å². The minimum Gasteiger partial charge on any atom is -0.317 e. The molecule has 8 aromatic carbocycles. The fourth-order valence-electron chi connectivity index (χ4n) is 8.95. The molecular formula is C53H37N3. The van der Waals surface area contributed by atoms with E-state index in [2.05, 4.69) is 222 Å². The summed E-state index contributed by atoms with van der Waals surface area (Å²) < 4.78 is 2.37. The Morgan fingerprint density at radius 3 is 1.50 bits per heavy atom. The van der Waals surface area contributed by atoms with Gasteiger partial charge >= 0.3 is 0 Å². The van der Waals surface area contributed by atoms with Crippen molar-refractivity contribution in [2.24, 2.45) is 4.99 Å². The van der Waals surface area contributed by atoms with Gasteiger partial charge in [0.05, 0.1) is 23.3 Å². The molecule has 11 rings (SSSR count). The van der Waals surface area contributed by atoms with Crippen molar-refractivity contribution in [2.45, 2.75) is 12.1 Å². The van der Waals surface area contributed by atoms with E-state index in [0.29, 0.717) is 0 Å². The van der Waals surface area contributed by atoms with Crippen LogP contribution in [0.2, 0.25) is 0 Å². The molecule has 1 aliphatic carbocycles. The quantitative estimate of drug-likeness (QED) is 0.157. The van der Waals surface area contributed by atoms with E-state index in [9.17, 15) is 0 Å². The first-order valence-electron chi connectivity index (χ1n) is 19.4. The number of allylic oxidation sites excluding steroid dienone is 2. The number of benzene rings is 8. The average Bonchev–Trinajstić information content (AvgIpc) is 3.86. The van der Waals surface area contributed by atoms with Gasteiger partial charge in [0, 0.05) is 22.3 Å². The predicted octanol–water partition coefficient (Wildman–Crippen LogP) is 13.1. The Hall–Kier alpha value is -7.23. The molecule has 3 nitrogen and oxygen atoms in total. The molecule has 2 heterocycles. The summed E-state index contributed by atoms with van der Waals surface area (Å²) in [5, 5.41) is 6.21. The predicted molar refractivity (Wildman–Crippen MR) is 236 cm³/mol. The van der Waals surface area contributed by atoms with Crippen LogP contribution in [0.3, 0.4) is 0 Å². The van der Waals surface area contributed by atoms with Crippen molar-refractivity contribution in [3.05, 3.63) is 218 Å². The van der Waals surface area contributed by atoms with Crippen molar-refractivity contribution in [1.82, 2.24) is 4.57 Å². The van der Waals surface area contributed by atoms with E-state index < -0.39 is 0 Å². The second-order valence-electron chi connectivity index (χ2n) is 14.7. The lowest BCUT2D eigenvalue weighted by Gasteiger charge is -2.29. The summed E-state index contributed by atoms with van der Waals surface area (Å²) in [7, 11) is 0. The highest BCUT2D eigenvalue weighted by Crippen LogP contribution is 2.44. The van der Waals surface area contributed by atoms with Gasteiger partial charge in [-0.05, 0) is 85.8 Å². The summed E-state index contributed by atoms with van der Waals surface area (Å²) in [6.45, 7) is 0.